The Balaban J connectivity index is 1.63. The van der Waals surface area contributed by atoms with E-state index >= 15 is 0 Å². The lowest BCUT2D eigenvalue weighted by atomic mass is 10.2. The maximum atomic E-state index is 11.4. The molecule has 1 aromatic carbocycles. The van der Waals surface area contributed by atoms with Crippen LogP contribution in [0.3, 0.4) is 0 Å². The molecule has 21 heavy (non-hydrogen) atoms. The van der Waals surface area contributed by atoms with Crippen LogP contribution in [0.15, 0.2) is 28.7 Å². The zero-order valence-corrected chi connectivity index (χ0v) is 12.3. The van der Waals surface area contributed by atoms with Crippen molar-refractivity contribution in [1.29, 1.82) is 0 Å². The van der Waals surface area contributed by atoms with Crippen molar-refractivity contribution in [2.75, 3.05) is 32.8 Å². The Morgan fingerprint density at radius 3 is 2.71 bits per heavy atom. The van der Waals surface area contributed by atoms with Crippen LogP contribution >= 0.6 is 11.6 Å². The van der Waals surface area contributed by atoms with E-state index in [9.17, 15) is 4.79 Å². The number of rotatable bonds is 3. The Morgan fingerprint density at radius 1 is 1.24 bits per heavy atom. The molecule has 0 bridgehead atoms. The summed E-state index contributed by atoms with van der Waals surface area (Å²) in [5.41, 5.74) is 0.798. The zero-order valence-electron chi connectivity index (χ0n) is 11.6. The average Bonchev–Trinajstić information content (AvgIpc) is 2.88. The minimum Gasteiger partial charge on any atom is -0.460 e. The van der Waals surface area contributed by atoms with Gasteiger partial charge in [-0.05, 0) is 18.2 Å². The predicted molar refractivity (Wildman–Crippen MR) is 80.2 cm³/mol. The van der Waals surface area contributed by atoms with Crippen molar-refractivity contribution in [3.63, 3.8) is 0 Å². The standard InChI is InChI=1S/C15H17ClN2O3/c16-12-2-1-11-7-13(21-14(11)8-12)9-17-3-5-18(6-4-17)15(20)10-19/h1-2,7-8,19H,3-6,9-10H2. The molecule has 0 aliphatic carbocycles. The number of aliphatic hydroxyl groups is 1. The zero-order chi connectivity index (χ0) is 14.8. The van der Waals surface area contributed by atoms with Crippen molar-refractivity contribution in [2.45, 2.75) is 6.54 Å². The van der Waals surface area contributed by atoms with Crippen molar-refractivity contribution in [3.05, 3.63) is 35.0 Å². The molecule has 1 aliphatic heterocycles. The van der Waals surface area contributed by atoms with Crippen LogP contribution in [0.1, 0.15) is 5.76 Å². The van der Waals surface area contributed by atoms with E-state index in [2.05, 4.69) is 4.90 Å². The number of nitrogens with zero attached hydrogens (tertiary/aromatic N) is 2. The number of carbonyl (C=O) groups is 1. The van der Waals surface area contributed by atoms with Gasteiger partial charge in [-0.25, -0.2) is 0 Å². The summed E-state index contributed by atoms with van der Waals surface area (Å²) in [5.74, 6) is 0.697. The summed E-state index contributed by atoms with van der Waals surface area (Å²) in [7, 11) is 0. The van der Waals surface area contributed by atoms with Gasteiger partial charge in [-0.2, -0.15) is 0 Å². The van der Waals surface area contributed by atoms with Crippen molar-refractivity contribution in [2.24, 2.45) is 0 Å². The van der Waals surface area contributed by atoms with E-state index in [0.29, 0.717) is 24.7 Å². The number of benzene rings is 1. The minimum absolute atomic E-state index is 0.201. The first-order valence-corrected chi connectivity index (χ1v) is 7.32. The van der Waals surface area contributed by atoms with Crippen LogP contribution in [-0.4, -0.2) is 53.6 Å². The Morgan fingerprint density at radius 2 is 2.00 bits per heavy atom. The molecular formula is C15H17ClN2O3. The molecule has 6 heteroatoms. The molecule has 0 atom stereocenters. The topological polar surface area (TPSA) is 56.9 Å². The maximum absolute atomic E-state index is 11.4. The highest BCUT2D eigenvalue weighted by molar-refractivity contribution is 6.31. The third kappa shape index (κ3) is 3.20. The Kier molecular flexibility index (Phi) is 4.14. The highest BCUT2D eigenvalue weighted by Crippen LogP contribution is 2.24. The van der Waals surface area contributed by atoms with E-state index in [0.717, 1.165) is 29.8 Å². The molecule has 5 nitrogen and oxygen atoms in total. The fraction of sp³-hybridized carbons (Fsp3) is 0.400. The van der Waals surface area contributed by atoms with Gasteiger partial charge < -0.3 is 14.4 Å². The van der Waals surface area contributed by atoms with Crippen LogP contribution in [0.2, 0.25) is 5.02 Å². The third-order valence-corrected chi connectivity index (χ3v) is 4.01. The molecule has 1 amide bonds. The second-order valence-corrected chi connectivity index (χ2v) is 5.65. The quantitative estimate of drug-likeness (QED) is 0.938. The van der Waals surface area contributed by atoms with Crippen LogP contribution in [0, 0.1) is 0 Å². The average molecular weight is 309 g/mol. The van der Waals surface area contributed by atoms with E-state index in [1.807, 2.05) is 24.3 Å². The summed E-state index contributed by atoms with van der Waals surface area (Å²) in [6, 6.07) is 7.64. The first kappa shape index (κ1) is 14.4. The fourth-order valence-corrected chi connectivity index (χ4v) is 2.78. The van der Waals surface area contributed by atoms with Crippen molar-refractivity contribution < 1.29 is 14.3 Å². The SMILES string of the molecule is O=C(CO)N1CCN(Cc2cc3ccc(Cl)cc3o2)CC1. The molecule has 2 aromatic rings. The van der Waals surface area contributed by atoms with Gasteiger partial charge in [0, 0.05) is 42.7 Å². The summed E-state index contributed by atoms with van der Waals surface area (Å²) in [4.78, 5) is 15.3. The lowest BCUT2D eigenvalue weighted by molar-refractivity contribution is -0.136. The number of fused-ring (bicyclic) bond motifs is 1. The molecule has 3 rings (SSSR count). The summed E-state index contributed by atoms with van der Waals surface area (Å²) in [6.07, 6.45) is 0. The fourth-order valence-electron chi connectivity index (χ4n) is 2.61. The van der Waals surface area contributed by atoms with E-state index < -0.39 is 6.61 Å². The van der Waals surface area contributed by atoms with Gasteiger partial charge in [0.15, 0.2) is 0 Å². The summed E-state index contributed by atoms with van der Waals surface area (Å²) in [5, 5.41) is 10.6. The van der Waals surface area contributed by atoms with Crippen molar-refractivity contribution in [1.82, 2.24) is 9.80 Å². The normalized spacial score (nSPS) is 16.6. The smallest absolute Gasteiger partial charge is 0.248 e. The number of piperazine rings is 1. The largest absolute Gasteiger partial charge is 0.460 e. The molecule has 1 N–H and O–H groups in total. The van der Waals surface area contributed by atoms with Gasteiger partial charge >= 0.3 is 0 Å². The van der Waals surface area contributed by atoms with Crippen LogP contribution in [0.4, 0.5) is 0 Å². The van der Waals surface area contributed by atoms with Gasteiger partial charge in [-0.1, -0.05) is 11.6 Å². The van der Waals surface area contributed by atoms with Gasteiger partial charge in [-0.15, -0.1) is 0 Å². The number of halogens is 1. The summed E-state index contributed by atoms with van der Waals surface area (Å²) in [6.45, 7) is 3.15. The number of carbonyl (C=O) groups excluding carboxylic acids is 1. The van der Waals surface area contributed by atoms with Gasteiger partial charge in [0.2, 0.25) is 5.91 Å². The van der Waals surface area contributed by atoms with E-state index in [1.54, 1.807) is 4.90 Å². The summed E-state index contributed by atoms with van der Waals surface area (Å²) >= 11 is 5.95. The van der Waals surface area contributed by atoms with Gasteiger partial charge in [0.05, 0.1) is 6.54 Å². The highest BCUT2D eigenvalue weighted by atomic mass is 35.5. The second kappa shape index (κ2) is 6.05. The van der Waals surface area contributed by atoms with Crippen molar-refractivity contribution >= 4 is 28.5 Å². The van der Waals surface area contributed by atoms with Crippen LogP contribution in [-0.2, 0) is 11.3 Å². The monoisotopic (exact) mass is 308 g/mol. The van der Waals surface area contributed by atoms with Crippen LogP contribution in [0.5, 0.6) is 0 Å². The van der Waals surface area contributed by atoms with Gasteiger partial charge in [0.1, 0.15) is 18.0 Å². The molecule has 2 heterocycles. The molecule has 1 aromatic heterocycles. The molecule has 0 unspecified atom stereocenters. The molecule has 1 aliphatic rings. The van der Waals surface area contributed by atoms with E-state index in [1.165, 1.54) is 0 Å². The lowest BCUT2D eigenvalue weighted by Crippen LogP contribution is -2.49. The number of hydrogen-bond acceptors (Lipinski definition) is 4. The third-order valence-electron chi connectivity index (χ3n) is 3.77. The number of aliphatic hydroxyl groups excluding tert-OH is 1. The lowest BCUT2D eigenvalue weighted by Gasteiger charge is -2.33. The first-order chi connectivity index (χ1) is 10.2. The first-order valence-electron chi connectivity index (χ1n) is 6.94. The van der Waals surface area contributed by atoms with Gasteiger partial charge in [-0.3, -0.25) is 9.69 Å². The Bertz CT molecular complexity index is 647. The molecule has 1 saturated heterocycles. The maximum Gasteiger partial charge on any atom is 0.248 e. The number of hydrogen-bond donors (Lipinski definition) is 1. The molecule has 0 saturated carbocycles. The van der Waals surface area contributed by atoms with Crippen LogP contribution in [0.25, 0.3) is 11.0 Å². The molecule has 1 fully saturated rings. The van der Waals surface area contributed by atoms with E-state index in [4.69, 9.17) is 21.1 Å². The van der Waals surface area contributed by atoms with E-state index in [-0.39, 0.29) is 5.91 Å². The number of amides is 1. The molecular weight excluding hydrogens is 292 g/mol. The molecule has 0 spiro atoms. The summed E-state index contributed by atoms with van der Waals surface area (Å²) < 4.78 is 5.80. The molecule has 112 valence electrons. The minimum atomic E-state index is -0.412. The number of furan rings is 1. The highest BCUT2D eigenvalue weighted by Gasteiger charge is 2.21. The second-order valence-electron chi connectivity index (χ2n) is 5.21. The van der Waals surface area contributed by atoms with Crippen LogP contribution < -0.4 is 0 Å². The predicted octanol–water partition coefficient (Wildman–Crippen LogP) is 1.72. The Labute approximate surface area is 127 Å². The Hall–Kier alpha value is -1.56. The van der Waals surface area contributed by atoms with Gasteiger partial charge in [0.25, 0.3) is 0 Å². The van der Waals surface area contributed by atoms with Crippen molar-refractivity contribution in [3.8, 4) is 0 Å². The molecule has 0 radical (unpaired) electrons.